The molecule has 0 heterocycles. The summed E-state index contributed by atoms with van der Waals surface area (Å²) in [7, 11) is 0. The van der Waals surface area contributed by atoms with Crippen LogP contribution in [0, 0.1) is 46.3 Å². The molecular weight excluding hydrogens is 396 g/mol. The SMILES string of the molecule is CCC(CC(O)C(C)C1CCC2C3CCC4=CC(=O)CC(O)C4(C)C3=CCC21C)C(C)C. The molecule has 0 bridgehead atoms. The fraction of sp³-hybridized carbons (Fsp3) is 0.828. The van der Waals surface area contributed by atoms with E-state index in [1.54, 1.807) is 0 Å². The first-order valence-corrected chi connectivity index (χ1v) is 13.3. The van der Waals surface area contributed by atoms with Gasteiger partial charge in [-0.3, -0.25) is 4.79 Å². The Bertz CT molecular complexity index is 794. The van der Waals surface area contributed by atoms with Crippen molar-refractivity contribution in [3.8, 4) is 0 Å². The van der Waals surface area contributed by atoms with Crippen molar-refractivity contribution in [3.63, 3.8) is 0 Å². The largest absolute Gasteiger partial charge is 0.393 e. The van der Waals surface area contributed by atoms with E-state index in [1.807, 2.05) is 6.08 Å². The molecule has 0 aromatic heterocycles. The third-order valence-electron chi connectivity index (χ3n) is 10.8. The molecule has 4 rings (SSSR count). The van der Waals surface area contributed by atoms with Gasteiger partial charge in [0.05, 0.1) is 12.2 Å². The Balaban J connectivity index is 1.58. The van der Waals surface area contributed by atoms with Gasteiger partial charge in [-0.25, -0.2) is 0 Å². The summed E-state index contributed by atoms with van der Waals surface area (Å²) < 4.78 is 0. The lowest BCUT2D eigenvalue weighted by atomic mass is 9.50. The van der Waals surface area contributed by atoms with Gasteiger partial charge in [-0.05, 0) is 92.4 Å². The molecule has 180 valence electrons. The van der Waals surface area contributed by atoms with E-state index < -0.39 is 6.10 Å². The quantitative estimate of drug-likeness (QED) is 0.489. The molecule has 0 aliphatic heterocycles. The minimum absolute atomic E-state index is 0.0835. The van der Waals surface area contributed by atoms with Gasteiger partial charge in [-0.1, -0.05) is 58.3 Å². The molecule has 0 spiro atoms. The zero-order valence-corrected chi connectivity index (χ0v) is 21.2. The van der Waals surface area contributed by atoms with Crippen molar-refractivity contribution in [3.05, 3.63) is 23.3 Å². The average Bonchev–Trinajstić information content (AvgIpc) is 3.09. The van der Waals surface area contributed by atoms with Crippen LogP contribution in [0.2, 0.25) is 0 Å². The van der Waals surface area contributed by atoms with Crippen LogP contribution in [0.25, 0.3) is 0 Å². The molecule has 32 heavy (non-hydrogen) atoms. The number of hydrogen-bond donors (Lipinski definition) is 2. The van der Waals surface area contributed by atoms with E-state index in [4.69, 9.17) is 0 Å². The zero-order valence-electron chi connectivity index (χ0n) is 21.2. The molecule has 0 amide bonds. The Kier molecular flexibility index (Phi) is 6.57. The first-order chi connectivity index (χ1) is 15.0. The van der Waals surface area contributed by atoms with Crippen LogP contribution >= 0.6 is 0 Å². The minimum Gasteiger partial charge on any atom is -0.393 e. The van der Waals surface area contributed by atoms with Crippen LogP contribution in [0.1, 0.15) is 92.9 Å². The maximum absolute atomic E-state index is 12.1. The first kappa shape index (κ1) is 24.2. The number of carbonyl (C=O) groups is 1. The summed E-state index contributed by atoms with van der Waals surface area (Å²) in [5.74, 6) is 3.29. The smallest absolute Gasteiger partial charge is 0.158 e. The van der Waals surface area contributed by atoms with E-state index in [2.05, 4.69) is 47.6 Å². The van der Waals surface area contributed by atoms with Crippen LogP contribution in [0.5, 0.6) is 0 Å². The number of aliphatic hydroxyl groups is 2. The second-order valence-corrected chi connectivity index (χ2v) is 12.4. The minimum atomic E-state index is -0.589. The molecule has 0 aromatic rings. The van der Waals surface area contributed by atoms with Gasteiger partial charge in [0.25, 0.3) is 0 Å². The number of rotatable bonds is 6. The Hall–Kier alpha value is -0.930. The average molecular weight is 443 g/mol. The lowest BCUT2D eigenvalue weighted by molar-refractivity contribution is -0.119. The summed E-state index contributed by atoms with van der Waals surface area (Å²) in [5.41, 5.74) is 2.44. The molecule has 9 unspecified atom stereocenters. The number of allylic oxidation sites excluding steroid dienone is 2. The van der Waals surface area contributed by atoms with E-state index in [9.17, 15) is 15.0 Å². The Morgan fingerprint density at radius 2 is 1.88 bits per heavy atom. The van der Waals surface area contributed by atoms with Crippen molar-refractivity contribution in [2.45, 2.75) is 105 Å². The van der Waals surface area contributed by atoms with Crippen molar-refractivity contribution in [2.75, 3.05) is 0 Å². The van der Waals surface area contributed by atoms with Gasteiger partial charge in [0, 0.05) is 11.8 Å². The topological polar surface area (TPSA) is 57.5 Å². The molecule has 0 aromatic carbocycles. The molecule has 3 nitrogen and oxygen atoms in total. The molecule has 3 heteroatoms. The molecule has 0 saturated heterocycles. The molecule has 4 aliphatic rings. The molecule has 2 N–H and O–H groups in total. The highest BCUT2D eigenvalue weighted by Crippen LogP contribution is 2.65. The van der Waals surface area contributed by atoms with Crippen molar-refractivity contribution < 1.29 is 15.0 Å². The van der Waals surface area contributed by atoms with Gasteiger partial charge >= 0.3 is 0 Å². The third kappa shape index (κ3) is 3.66. The second-order valence-electron chi connectivity index (χ2n) is 12.4. The standard InChI is InChI=1S/C29H46O3/c1-7-19(17(2)3)14-26(31)18(4)23-10-11-24-22-9-8-20-15-21(30)16-27(32)29(20,6)25(22)12-13-28(23,24)5/h12,15,17-19,22-24,26-27,31-32H,7-11,13-14,16H2,1-6H3. The fourth-order valence-electron chi connectivity index (χ4n) is 8.51. The molecule has 4 aliphatic carbocycles. The fourth-order valence-corrected chi connectivity index (χ4v) is 8.51. The first-order valence-electron chi connectivity index (χ1n) is 13.3. The third-order valence-corrected chi connectivity index (χ3v) is 10.8. The van der Waals surface area contributed by atoms with Gasteiger partial charge in [-0.15, -0.1) is 0 Å². The van der Waals surface area contributed by atoms with Gasteiger partial charge in [-0.2, -0.15) is 0 Å². The van der Waals surface area contributed by atoms with Crippen LogP contribution in [0.4, 0.5) is 0 Å². The maximum Gasteiger partial charge on any atom is 0.158 e. The number of aliphatic hydroxyl groups excluding tert-OH is 2. The molecule has 0 radical (unpaired) electrons. The summed E-state index contributed by atoms with van der Waals surface area (Å²) in [5, 5.41) is 22.2. The lowest BCUT2D eigenvalue weighted by Crippen LogP contribution is -2.50. The Morgan fingerprint density at radius 3 is 2.53 bits per heavy atom. The molecule has 2 fully saturated rings. The maximum atomic E-state index is 12.1. The molecular formula is C29H46O3. The highest BCUT2D eigenvalue weighted by molar-refractivity contribution is 5.92. The van der Waals surface area contributed by atoms with Gasteiger partial charge < -0.3 is 10.2 Å². The number of hydrogen-bond acceptors (Lipinski definition) is 3. The van der Waals surface area contributed by atoms with E-state index >= 15 is 0 Å². The summed E-state index contributed by atoms with van der Waals surface area (Å²) in [6, 6.07) is 0. The van der Waals surface area contributed by atoms with Gasteiger partial charge in [0.15, 0.2) is 5.78 Å². The van der Waals surface area contributed by atoms with Crippen LogP contribution in [0.15, 0.2) is 23.3 Å². The second kappa shape index (κ2) is 8.69. The summed E-state index contributed by atoms with van der Waals surface area (Å²) in [6.07, 6.45) is 11.3. The monoisotopic (exact) mass is 442 g/mol. The molecule has 9 atom stereocenters. The van der Waals surface area contributed by atoms with E-state index in [0.717, 1.165) is 37.7 Å². The number of fused-ring (bicyclic) bond motifs is 5. The van der Waals surface area contributed by atoms with Crippen LogP contribution in [0.3, 0.4) is 0 Å². The summed E-state index contributed by atoms with van der Waals surface area (Å²) in [6.45, 7) is 13.8. The van der Waals surface area contributed by atoms with E-state index in [1.165, 1.54) is 18.4 Å². The van der Waals surface area contributed by atoms with Crippen LogP contribution in [-0.2, 0) is 4.79 Å². The van der Waals surface area contributed by atoms with Crippen molar-refractivity contribution in [2.24, 2.45) is 46.3 Å². The predicted octanol–water partition coefficient (Wildman–Crippen LogP) is 6.09. The van der Waals surface area contributed by atoms with Crippen LogP contribution in [-0.4, -0.2) is 28.2 Å². The van der Waals surface area contributed by atoms with Crippen molar-refractivity contribution in [1.29, 1.82) is 0 Å². The number of ketones is 1. The Morgan fingerprint density at radius 1 is 1.16 bits per heavy atom. The van der Waals surface area contributed by atoms with Crippen molar-refractivity contribution >= 4 is 5.78 Å². The highest BCUT2D eigenvalue weighted by atomic mass is 16.3. The normalized spacial score (nSPS) is 41.8. The van der Waals surface area contributed by atoms with Crippen LogP contribution < -0.4 is 0 Å². The zero-order chi connectivity index (χ0) is 23.4. The lowest BCUT2D eigenvalue weighted by Gasteiger charge is -2.55. The summed E-state index contributed by atoms with van der Waals surface area (Å²) in [4.78, 5) is 12.1. The number of carbonyl (C=O) groups excluding carboxylic acids is 1. The molecule has 2 saturated carbocycles. The van der Waals surface area contributed by atoms with E-state index in [-0.39, 0.29) is 29.1 Å². The Labute approximate surface area is 195 Å². The predicted molar refractivity (Wildman–Crippen MR) is 130 cm³/mol. The van der Waals surface area contributed by atoms with E-state index in [0.29, 0.717) is 35.5 Å². The highest BCUT2D eigenvalue weighted by Gasteiger charge is 2.58. The van der Waals surface area contributed by atoms with Gasteiger partial charge in [0.1, 0.15) is 0 Å². The van der Waals surface area contributed by atoms with Gasteiger partial charge in [0.2, 0.25) is 0 Å². The summed E-state index contributed by atoms with van der Waals surface area (Å²) >= 11 is 0. The van der Waals surface area contributed by atoms with Crippen molar-refractivity contribution in [1.82, 2.24) is 0 Å².